The zero-order chi connectivity index (χ0) is 21.7. The Morgan fingerprint density at radius 1 is 1.13 bits per heavy atom. The molecule has 1 aliphatic heterocycles. The van der Waals surface area contributed by atoms with E-state index >= 15 is 0 Å². The number of methoxy groups -OCH3 is 1. The van der Waals surface area contributed by atoms with Crippen molar-refractivity contribution in [2.24, 2.45) is 0 Å². The molecule has 10 heteroatoms. The molecule has 30 heavy (non-hydrogen) atoms. The molecule has 3 rings (SSSR count). The third-order valence-corrected chi connectivity index (χ3v) is 6.94. The van der Waals surface area contributed by atoms with Gasteiger partial charge in [0.15, 0.2) is 0 Å². The van der Waals surface area contributed by atoms with Crippen LogP contribution in [0.25, 0.3) is 0 Å². The Labute approximate surface area is 174 Å². The summed E-state index contributed by atoms with van der Waals surface area (Å²) in [6.45, 7) is 0.541. The van der Waals surface area contributed by atoms with Gasteiger partial charge in [0, 0.05) is 31.3 Å². The molecule has 1 N–H and O–H groups in total. The Balaban J connectivity index is 1.53. The van der Waals surface area contributed by atoms with Crippen LogP contribution in [0.5, 0.6) is 5.75 Å². The van der Waals surface area contributed by atoms with E-state index in [1.807, 2.05) is 12.1 Å². The summed E-state index contributed by atoms with van der Waals surface area (Å²) < 4.78 is 31.9. The maximum atomic E-state index is 12.7. The second-order valence-corrected chi connectivity index (χ2v) is 8.96. The lowest BCUT2D eigenvalue weighted by Crippen LogP contribution is -2.46. The van der Waals surface area contributed by atoms with Crippen LogP contribution in [-0.2, 0) is 21.2 Å². The number of hydrogen-bond donors (Lipinski definition) is 1. The number of rotatable bonds is 7. The summed E-state index contributed by atoms with van der Waals surface area (Å²) in [7, 11) is -2.15. The van der Waals surface area contributed by atoms with E-state index in [9.17, 15) is 23.3 Å². The van der Waals surface area contributed by atoms with E-state index in [0.717, 1.165) is 11.3 Å². The molecule has 2 aromatic carbocycles. The first-order valence-electron chi connectivity index (χ1n) is 9.46. The average molecular weight is 433 g/mol. The highest BCUT2D eigenvalue weighted by atomic mass is 32.2. The molecule has 1 saturated heterocycles. The number of nitrogens with zero attached hydrogens (tertiary/aromatic N) is 2. The number of non-ortho nitro benzene ring substituents is 1. The minimum absolute atomic E-state index is 0.0232. The molecule has 1 aliphatic rings. The van der Waals surface area contributed by atoms with Crippen molar-refractivity contribution in [1.82, 2.24) is 9.62 Å². The Bertz CT molecular complexity index is 998. The first-order valence-corrected chi connectivity index (χ1v) is 10.9. The van der Waals surface area contributed by atoms with Crippen molar-refractivity contribution in [2.45, 2.75) is 30.2 Å². The molecule has 0 radical (unpaired) electrons. The van der Waals surface area contributed by atoms with Gasteiger partial charge in [-0.1, -0.05) is 12.1 Å². The molecule has 0 atom stereocenters. The molecule has 0 spiro atoms. The molecular weight excluding hydrogens is 410 g/mol. The molecule has 0 bridgehead atoms. The molecule has 2 aromatic rings. The smallest absolute Gasteiger partial charge is 0.269 e. The van der Waals surface area contributed by atoms with Gasteiger partial charge in [-0.15, -0.1) is 0 Å². The molecule has 0 aliphatic carbocycles. The summed E-state index contributed by atoms with van der Waals surface area (Å²) in [4.78, 5) is 22.5. The summed E-state index contributed by atoms with van der Waals surface area (Å²) >= 11 is 0. The minimum Gasteiger partial charge on any atom is -0.497 e. The van der Waals surface area contributed by atoms with Crippen molar-refractivity contribution in [3.63, 3.8) is 0 Å². The quantitative estimate of drug-likeness (QED) is 0.528. The van der Waals surface area contributed by atoms with Crippen molar-refractivity contribution in [3.8, 4) is 5.75 Å². The number of ether oxygens (including phenoxy) is 1. The second-order valence-electron chi connectivity index (χ2n) is 7.02. The number of nitro benzene ring substituents is 1. The van der Waals surface area contributed by atoms with E-state index in [2.05, 4.69) is 5.32 Å². The molecular formula is C20H23N3O6S. The van der Waals surface area contributed by atoms with Crippen LogP contribution in [-0.4, -0.2) is 49.8 Å². The summed E-state index contributed by atoms with van der Waals surface area (Å²) in [5.41, 5.74) is 0.707. The second kappa shape index (κ2) is 9.23. The van der Waals surface area contributed by atoms with Gasteiger partial charge in [-0.2, -0.15) is 4.31 Å². The Kier molecular flexibility index (Phi) is 6.68. The molecule has 1 amide bonds. The lowest BCUT2D eigenvalue weighted by molar-refractivity contribution is -0.384. The molecule has 9 nitrogen and oxygen atoms in total. The lowest BCUT2D eigenvalue weighted by atomic mass is 10.1. The van der Waals surface area contributed by atoms with Gasteiger partial charge in [0.2, 0.25) is 15.9 Å². The minimum atomic E-state index is -3.73. The average Bonchev–Trinajstić information content (AvgIpc) is 2.74. The van der Waals surface area contributed by atoms with Crippen LogP contribution < -0.4 is 10.1 Å². The summed E-state index contributed by atoms with van der Waals surface area (Å²) in [6, 6.07) is 12.0. The van der Waals surface area contributed by atoms with E-state index in [4.69, 9.17) is 4.74 Å². The van der Waals surface area contributed by atoms with Gasteiger partial charge < -0.3 is 10.1 Å². The first kappa shape index (κ1) is 21.7. The highest BCUT2D eigenvalue weighted by molar-refractivity contribution is 7.89. The monoisotopic (exact) mass is 433 g/mol. The third kappa shape index (κ3) is 5.14. The van der Waals surface area contributed by atoms with E-state index in [0.29, 0.717) is 12.8 Å². The highest BCUT2D eigenvalue weighted by Gasteiger charge is 2.30. The van der Waals surface area contributed by atoms with Crippen LogP contribution in [0.3, 0.4) is 0 Å². The number of carbonyl (C=O) groups is 1. The standard InChI is InChI=1S/C20H23N3O6S/c1-29-18-6-2-15(3-7-18)14-20(24)21-16-10-12-22(13-11-16)30(27,28)19-8-4-17(5-9-19)23(25)26/h2-9,16H,10-14H2,1H3,(H,21,24). The topological polar surface area (TPSA) is 119 Å². The number of nitrogens with one attached hydrogen (secondary N) is 1. The van der Waals surface area contributed by atoms with Gasteiger partial charge in [0.1, 0.15) is 5.75 Å². The maximum Gasteiger partial charge on any atom is 0.269 e. The number of amides is 1. The SMILES string of the molecule is COc1ccc(CC(=O)NC2CCN(S(=O)(=O)c3ccc([N+](=O)[O-])cc3)CC2)cc1. The zero-order valence-corrected chi connectivity index (χ0v) is 17.3. The zero-order valence-electron chi connectivity index (χ0n) is 16.5. The number of hydrogen-bond acceptors (Lipinski definition) is 6. The Morgan fingerprint density at radius 3 is 2.27 bits per heavy atom. The van der Waals surface area contributed by atoms with Gasteiger partial charge in [0.05, 0.1) is 23.3 Å². The number of piperidine rings is 1. The van der Waals surface area contributed by atoms with Crippen molar-refractivity contribution in [1.29, 1.82) is 0 Å². The van der Waals surface area contributed by atoms with E-state index in [1.165, 1.54) is 28.6 Å². The Hall–Kier alpha value is -2.98. The summed E-state index contributed by atoms with van der Waals surface area (Å²) in [6.07, 6.45) is 1.24. The van der Waals surface area contributed by atoms with Crippen LogP contribution >= 0.6 is 0 Å². The number of benzene rings is 2. The molecule has 160 valence electrons. The maximum absolute atomic E-state index is 12.7. The van der Waals surface area contributed by atoms with E-state index in [1.54, 1.807) is 19.2 Å². The van der Waals surface area contributed by atoms with Gasteiger partial charge in [-0.3, -0.25) is 14.9 Å². The molecule has 1 heterocycles. The predicted octanol–water partition coefficient (Wildman–Crippen LogP) is 2.12. The summed E-state index contributed by atoms with van der Waals surface area (Å²) in [5, 5.41) is 13.7. The largest absolute Gasteiger partial charge is 0.497 e. The third-order valence-electron chi connectivity index (χ3n) is 5.03. The van der Waals surface area contributed by atoms with Crippen LogP contribution in [0.4, 0.5) is 5.69 Å². The van der Waals surface area contributed by atoms with Gasteiger partial charge in [-0.25, -0.2) is 8.42 Å². The van der Waals surface area contributed by atoms with Crippen molar-refractivity contribution in [2.75, 3.05) is 20.2 Å². The number of carbonyl (C=O) groups excluding carboxylic acids is 1. The van der Waals surface area contributed by atoms with E-state index < -0.39 is 14.9 Å². The van der Waals surface area contributed by atoms with Gasteiger partial charge in [-0.05, 0) is 42.7 Å². The highest BCUT2D eigenvalue weighted by Crippen LogP contribution is 2.23. The molecule has 0 saturated carbocycles. The fraction of sp³-hybridized carbons (Fsp3) is 0.350. The fourth-order valence-electron chi connectivity index (χ4n) is 3.34. The molecule has 1 fully saturated rings. The number of nitro groups is 1. The van der Waals surface area contributed by atoms with Crippen molar-refractivity contribution < 1.29 is 22.9 Å². The molecule has 0 aromatic heterocycles. The van der Waals surface area contributed by atoms with Crippen LogP contribution in [0.15, 0.2) is 53.4 Å². The van der Waals surface area contributed by atoms with Gasteiger partial charge >= 0.3 is 0 Å². The number of sulfonamides is 1. The normalized spacial score (nSPS) is 15.5. The van der Waals surface area contributed by atoms with Crippen molar-refractivity contribution >= 4 is 21.6 Å². The molecule has 0 unspecified atom stereocenters. The van der Waals surface area contributed by atoms with E-state index in [-0.39, 0.29) is 42.0 Å². The van der Waals surface area contributed by atoms with Crippen LogP contribution in [0.2, 0.25) is 0 Å². The summed E-state index contributed by atoms with van der Waals surface area (Å²) in [5.74, 6) is 0.609. The fourth-order valence-corrected chi connectivity index (χ4v) is 4.81. The van der Waals surface area contributed by atoms with Gasteiger partial charge in [0.25, 0.3) is 5.69 Å². The van der Waals surface area contributed by atoms with Crippen molar-refractivity contribution in [3.05, 3.63) is 64.2 Å². The first-order chi connectivity index (χ1) is 14.3. The Morgan fingerprint density at radius 2 is 1.73 bits per heavy atom. The van der Waals surface area contributed by atoms with Crippen LogP contribution in [0.1, 0.15) is 18.4 Å². The lowest BCUT2D eigenvalue weighted by Gasteiger charge is -2.31. The van der Waals surface area contributed by atoms with Crippen LogP contribution in [0, 0.1) is 10.1 Å². The predicted molar refractivity (Wildman–Crippen MR) is 110 cm³/mol.